The molecule has 0 atom stereocenters. The third kappa shape index (κ3) is 2.07. The number of aromatic nitrogens is 4. The number of hydrogen-bond donors (Lipinski definition) is 1. The van der Waals surface area contributed by atoms with Crippen LogP contribution >= 0.6 is 0 Å². The molecular formula is C10H15N5. The van der Waals surface area contributed by atoms with E-state index in [0.717, 1.165) is 24.5 Å². The predicted octanol–water partition coefficient (Wildman–Crippen LogP) is 0.318. The van der Waals surface area contributed by atoms with Gasteiger partial charge in [-0.05, 0) is 0 Å². The fraction of sp³-hybridized carbons (Fsp3) is 0.400. The van der Waals surface area contributed by atoms with Gasteiger partial charge in [0.05, 0.1) is 12.0 Å². The zero-order valence-corrected chi connectivity index (χ0v) is 8.80. The van der Waals surface area contributed by atoms with Gasteiger partial charge in [-0.2, -0.15) is 0 Å². The Bertz CT molecular complexity index is 428. The molecule has 0 aliphatic heterocycles. The number of hydrogen-bond acceptors (Lipinski definition) is 3. The highest BCUT2D eigenvalue weighted by molar-refractivity contribution is 4.98. The first kappa shape index (κ1) is 9.92. The van der Waals surface area contributed by atoms with Crippen molar-refractivity contribution in [3.63, 3.8) is 0 Å². The molecule has 80 valence electrons. The average molecular weight is 205 g/mol. The third-order valence-electron chi connectivity index (χ3n) is 2.50. The van der Waals surface area contributed by atoms with Crippen molar-refractivity contribution < 1.29 is 0 Å². The van der Waals surface area contributed by atoms with Gasteiger partial charge in [0.2, 0.25) is 0 Å². The molecule has 0 radical (unpaired) electrons. The van der Waals surface area contributed by atoms with Crippen molar-refractivity contribution >= 4 is 0 Å². The first-order valence-electron chi connectivity index (χ1n) is 4.96. The van der Waals surface area contributed by atoms with E-state index in [1.165, 1.54) is 0 Å². The summed E-state index contributed by atoms with van der Waals surface area (Å²) in [5.41, 5.74) is 6.65. The Labute approximate surface area is 88.6 Å². The number of nitrogens with two attached hydrogens (primary N) is 1. The van der Waals surface area contributed by atoms with E-state index in [1.807, 2.05) is 30.3 Å². The third-order valence-corrected chi connectivity index (χ3v) is 2.50. The van der Waals surface area contributed by atoms with Crippen molar-refractivity contribution in [3.8, 4) is 0 Å². The van der Waals surface area contributed by atoms with Crippen molar-refractivity contribution in [1.82, 2.24) is 19.1 Å². The maximum atomic E-state index is 5.59. The van der Waals surface area contributed by atoms with Crippen LogP contribution in [0.25, 0.3) is 0 Å². The molecule has 0 fully saturated rings. The molecule has 2 N–H and O–H groups in total. The summed E-state index contributed by atoms with van der Waals surface area (Å²) in [4.78, 5) is 8.34. The molecule has 0 saturated carbocycles. The van der Waals surface area contributed by atoms with Crippen LogP contribution in [-0.4, -0.2) is 19.1 Å². The van der Waals surface area contributed by atoms with Crippen LogP contribution < -0.4 is 5.73 Å². The zero-order chi connectivity index (χ0) is 10.7. The Balaban J connectivity index is 2.02. The van der Waals surface area contributed by atoms with Crippen LogP contribution in [0.4, 0.5) is 0 Å². The Morgan fingerprint density at radius 2 is 2.33 bits per heavy atom. The molecule has 0 aromatic carbocycles. The Hall–Kier alpha value is -1.62. The highest BCUT2D eigenvalue weighted by atomic mass is 15.1. The van der Waals surface area contributed by atoms with Crippen LogP contribution in [0.15, 0.2) is 24.9 Å². The van der Waals surface area contributed by atoms with E-state index < -0.39 is 0 Å². The molecule has 2 aromatic rings. The lowest BCUT2D eigenvalue weighted by Gasteiger charge is -2.06. The molecule has 15 heavy (non-hydrogen) atoms. The highest BCUT2D eigenvalue weighted by Gasteiger charge is 2.02. The SMILES string of the molecule is Cn1ccnc1CCn1cncc1CN. The molecule has 0 saturated heterocycles. The van der Waals surface area contributed by atoms with Gasteiger partial charge >= 0.3 is 0 Å². The van der Waals surface area contributed by atoms with Crippen LogP contribution in [0.5, 0.6) is 0 Å². The van der Waals surface area contributed by atoms with E-state index in [1.54, 1.807) is 6.20 Å². The lowest BCUT2D eigenvalue weighted by molar-refractivity contribution is 0.626. The second-order valence-corrected chi connectivity index (χ2v) is 3.49. The van der Waals surface area contributed by atoms with Crippen LogP contribution in [-0.2, 0) is 26.6 Å². The van der Waals surface area contributed by atoms with E-state index in [0.29, 0.717) is 6.54 Å². The molecule has 0 amide bonds. The Kier molecular flexibility index (Phi) is 2.82. The summed E-state index contributed by atoms with van der Waals surface area (Å²) >= 11 is 0. The van der Waals surface area contributed by atoms with Crippen LogP contribution in [0.1, 0.15) is 11.5 Å². The van der Waals surface area contributed by atoms with Gasteiger partial charge in [-0.25, -0.2) is 9.97 Å². The molecule has 2 heterocycles. The fourth-order valence-corrected chi connectivity index (χ4v) is 1.58. The molecule has 0 aliphatic rings. The maximum Gasteiger partial charge on any atom is 0.110 e. The highest BCUT2D eigenvalue weighted by Crippen LogP contribution is 2.02. The van der Waals surface area contributed by atoms with Crippen molar-refractivity contribution in [2.45, 2.75) is 19.5 Å². The summed E-state index contributed by atoms with van der Waals surface area (Å²) in [5, 5.41) is 0. The zero-order valence-electron chi connectivity index (χ0n) is 8.80. The summed E-state index contributed by atoms with van der Waals surface area (Å²) in [5.74, 6) is 1.08. The summed E-state index contributed by atoms with van der Waals surface area (Å²) in [7, 11) is 2.00. The minimum atomic E-state index is 0.528. The topological polar surface area (TPSA) is 61.7 Å². The maximum absolute atomic E-state index is 5.59. The lowest BCUT2D eigenvalue weighted by atomic mass is 10.3. The molecule has 0 aliphatic carbocycles. The lowest BCUT2D eigenvalue weighted by Crippen LogP contribution is -2.10. The van der Waals surface area contributed by atoms with E-state index >= 15 is 0 Å². The second-order valence-electron chi connectivity index (χ2n) is 3.49. The van der Waals surface area contributed by atoms with E-state index in [2.05, 4.69) is 14.5 Å². The van der Waals surface area contributed by atoms with Crippen LogP contribution in [0, 0.1) is 0 Å². The Morgan fingerprint density at radius 1 is 1.47 bits per heavy atom. The molecule has 0 unspecified atom stereocenters. The van der Waals surface area contributed by atoms with Gasteiger partial charge in [0, 0.05) is 45.1 Å². The van der Waals surface area contributed by atoms with Gasteiger partial charge in [0.25, 0.3) is 0 Å². The first-order valence-corrected chi connectivity index (χ1v) is 4.96. The summed E-state index contributed by atoms with van der Waals surface area (Å²) < 4.78 is 4.09. The summed E-state index contributed by atoms with van der Waals surface area (Å²) in [6, 6.07) is 0. The number of rotatable bonds is 4. The average Bonchev–Trinajstić information content (AvgIpc) is 2.83. The second kappa shape index (κ2) is 4.27. The van der Waals surface area contributed by atoms with E-state index in [9.17, 15) is 0 Å². The molecular weight excluding hydrogens is 190 g/mol. The smallest absolute Gasteiger partial charge is 0.110 e. The number of nitrogens with zero attached hydrogens (tertiary/aromatic N) is 4. The molecule has 0 spiro atoms. The van der Waals surface area contributed by atoms with E-state index in [4.69, 9.17) is 5.73 Å². The minimum Gasteiger partial charge on any atom is -0.338 e. The van der Waals surface area contributed by atoms with Crippen molar-refractivity contribution in [2.75, 3.05) is 0 Å². The van der Waals surface area contributed by atoms with Gasteiger partial charge in [-0.3, -0.25) is 0 Å². The first-order chi connectivity index (χ1) is 7.31. The molecule has 2 aromatic heterocycles. The summed E-state index contributed by atoms with van der Waals surface area (Å²) in [6.45, 7) is 1.40. The van der Waals surface area contributed by atoms with Crippen molar-refractivity contribution in [2.24, 2.45) is 12.8 Å². The predicted molar refractivity (Wildman–Crippen MR) is 57.0 cm³/mol. The van der Waals surface area contributed by atoms with Crippen LogP contribution in [0.2, 0.25) is 0 Å². The minimum absolute atomic E-state index is 0.528. The van der Waals surface area contributed by atoms with Crippen LogP contribution in [0.3, 0.4) is 0 Å². The monoisotopic (exact) mass is 205 g/mol. The Morgan fingerprint density at radius 3 is 3.00 bits per heavy atom. The van der Waals surface area contributed by atoms with Gasteiger partial charge in [0.1, 0.15) is 5.82 Å². The molecule has 0 bridgehead atoms. The van der Waals surface area contributed by atoms with Gasteiger partial charge < -0.3 is 14.9 Å². The van der Waals surface area contributed by atoms with Gasteiger partial charge in [-0.1, -0.05) is 0 Å². The molecule has 5 nitrogen and oxygen atoms in total. The standard InChI is InChI=1S/C10H15N5/c1-14-5-3-13-10(14)2-4-15-8-12-7-9(15)6-11/h3,5,7-8H,2,4,6,11H2,1H3. The van der Waals surface area contributed by atoms with E-state index in [-0.39, 0.29) is 0 Å². The quantitative estimate of drug-likeness (QED) is 0.781. The molecule has 2 rings (SSSR count). The largest absolute Gasteiger partial charge is 0.338 e. The van der Waals surface area contributed by atoms with Crippen molar-refractivity contribution in [3.05, 3.63) is 36.4 Å². The normalized spacial score (nSPS) is 10.8. The number of imidazole rings is 2. The van der Waals surface area contributed by atoms with Gasteiger partial charge in [0.15, 0.2) is 0 Å². The molecule has 5 heteroatoms. The fourth-order valence-electron chi connectivity index (χ4n) is 1.58. The number of aryl methyl sites for hydroxylation is 3. The van der Waals surface area contributed by atoms with Crippen molar-refractivity contribution in [1.29, 1.82) is 0 Å². The summed E-state index contributed by atoms with van der Waals surface area (Å²) in [6.07, 6.45) is 8.27. The van der Waals surface area contributed by atoms with Gasteiger partial charge in [-0.15, -0.1) is 0 Å².